The first-order valence-corrected chi connectivity index (χ1v) is 7.34. The molecule has 7 heteroatoms. The van der Waals surface area contributed by atoms with E-state index in [1.165, 1.54) is 14.0 Å². The third kappa shape index (κ3) is 4.86. The van der Waals surface area contributed by atoms with Gasteiger partial charge in [-0.15, -0.1) is 0 Å². The zero-order chi connectivity index (χ0) is 17.6. The highest BCUT2D eigenvalue weighted by Crippen LogP contribution is 2.36. The highest BCUT2D eigenvalue weighted by molar-refractivity contribution is 5.72. The van der Waals surface area contributed by atoms with Crippen LogP contribution in [0.1, 0.15) is 38.7 Å². The maximum Gasteiger partial charge on any atom is 0.309 e. The smallest absolute Gasteiger partial charge is 0.309 e. The van der Waals surface area contributed by atoms with Gasteiger partial charge < -0.3 is 15.2 Å². The molecule has 0 radical (unpaired) electrons. The molecule has 0 aliphatic rings. The molecule has 0 saturated heterocycles. The van der Waals surface area contributed by atoms with Gasteiger partial charge in [-0.2, -0.15) is 0 Å². The van der Waals surface area contributed by atoms with E-state index in [9.17, 15) is 18.0 Å². The van der Waals surface area contributed by atoms with Gasteiger partial charge in [-0.05, 0) is 12.5 Å². The van der Waals surface area contributed by atoms with Crippen LogP contribution in [0.4, 0.5) is 13.2 Å². The Morgan fingerprint density at radius 3 is 2.57 bits per heavy atom. The van der Waals surface area contributed by atoms with Crippen LogP contribution in [-0.2, 0) is 14.9 Å². The number of esters is 1. The quantitative estimate of drug-likeness (QED) is 0.742. The molecule has 23 heavy (non-hydrogen) atoms. The van der Waals surface area contributed by atoms with Gasteiger partial charge in [0.15, 0.2) is 11.6 Å². The monoisotopic (exact) mass is 333 g/mol. The van der Waals surface area contributed by atoms with Crippen molar-refractivity contribution in [1.82, 2.24) is 0 Å². The molecule has 2 atom stereocenters. The lowest BCUT2D eigenvalue weighted by molar-refractivity contribution is -0.159. The van der Waals surface area contributed by atoms with E-state index in [0.717, 1.165) is 6.07 Å². The summed E-state index contributed by atoms with van der Waals surface area (Å²) in [6.07, 6.45) is -1.43. The van der Waals surface area contributed by atoms with Crippen LogP contribution < -0.4 is 10.5 Å². The standard InChI is InChI=1S/C16H22F3NO3/c1-4-5-13(19)23-14(21)8-16(2,9-20)11-6-10(17)7-12(18)15(11)22-3/h6-7,13H,4-5,8-9,20H2,1-3H3. The summed E-state index contributed by atoms with van der Waals surface area (Å²) < 4.78 is 50.4. The lowest BCUT2D eigenvalue weighted by Gasteiger charge is -2.29. The van der Waals surface area contributed by atoms with E-state index in [0.29, 0.717) is 12.5 Å². The molecule has 0 aliphatic carbocycles. The molecule has 0 fully saturated rings. The van der Waals surface area contributed by atoms with E-state index in [-0.39, 0.29) is 30.7 Å². The molecule has 1 rings (SSSR count). The number of alkyl halides is 1. The topological polar surface area (TPSA) is 61.5 Å². The van der Waals surface area contributed by atoms with Gasteiger partial charge in [-0.25, -0.2) is 13.2 Å². The summed E-state index contributed by atoms with van der Waals surface area (Å²) in [6.45, 7) is 3.19. The summed E-state index contributed by atoms with van der Waals surface area (Å²) in [5, 5.41) is 0. The van der Waals surface area contributed by atoms with Crippen molar-refractivity contribution in [3.05, 3.63) is 29.3 Å². The van der Waals surface area contributed by atoms with Crippen LogP contribution in [0.2, 0.25) is 0 Å². The van der Waals surface area contributed by atoms with Gasteiger partial charge in [0.25, 0.3) is 0 Å². The average molecular weight is 333 g/mol. The van der Waals surface area contributed by atoms with Crippen LogP contribution in [-0.4, -0.2) is 26.0 Å². The van der Waals surface area contributed by atoms with Gasteiger partial charge in [-0.1, -0.05) is 13.8 Å². The number of hydrogen-bond donors (Lipinski definition) is 1. The Bertz CT molecular complexity index is 554. The zero-order valence-corrected chi connectivity index (χ0v) is 13.5. The SMILES string of the molecule is CCCC(F)OC(=O)CC(C)(CN)c1cc(F)cc(F)c1OC. The number of carbonyl (C=O) groups excluding carboxylic acids is 1. The predicted octanol–water partition coefficient (Wildman–Crippen LogP) is 3.22. The first-order chi connectivity index (χ1) is 10.8. The van der Waals surface area contributed by atoms with Gasteiger partial charge >= 0.3 is 5.97 Å². The minimum absolute atomic E-state index is 0.0863. The molecule has 1 aromatic rings. The van der Waals surface area contributed by atoms with E-state index >= 15 is 0 Å². The minimum Gasteiger partial charge on any atom is -0.493 e. The van der Waals surface area contributed by atoms with Crippen molar-refractivity contribution >= 4 is 5.97 Å². The third-order valence-corrected chi connectivity index (χ3v) is 3.62. The fourth-order valence-corrected chi connectivity index (χ4v) is 2.28. The minimum atomic E-state index is -1.71. The number of ether oxygens (including phenoxy) is 2. The number of rotatable bonds is 8. The number of benzene rings is 1. The lowest BCUT2D eigenvalue weighted by Crippen LogP contribution is -2.36. The fourth-order valence-electron chi connectivity index (χ4n) is 2.28. The normalized spacial score (nSPS) is 14.9. The molecule has 0 bridgehead atoms. The van der Waals surface area contributed by atoms with E-state index in [4.69, 9.17) is 10.5 Å². The average Bonchev–Trinajstić information content (AvgIpc) is 2.46. The molecule has 130 valence electrons. The number of halogens is 3. The second-order valence-corrected chi connectivity index (χ2v) is 5.60. The number of methoxy groups -OCH3 is 1. The first kappa shape index (κ1) is 19.3. The van der Waals surface area contributed by atoms with E-state index in [1.807, 2.05) is 0 Å². The molecule has 0 aliphatic heterocycles. The van der Waals surface area contributed by atoms with Crippen LogP contribution in [0.3, 0.4) is 0 Å². The summed E-state index contributed by atoms with van der Waals surface area (Å²) in [6, 6.07) is 1.73. The lowest BCUT2D eigenvalue weighted by atomic mass is 9.79. The Kier molecular flexibility index (Phi) is 6.87. The molecule has 2 N–H and O–H groups in total. The largest absolute Gasteiger partial charge is 0.493 e. The van der Waals surface area contributed by atoms with E-state index in [1.54, 1.807) is 6.92 Å². The Morgan fingerprint density at radius 2 is 2.04 bits per heavy atom. The fraction of sp³-hybridized carbons (Fsp3) is 0.562. The van der Waals surface area contributed by atoms with Crippen LogP contribution in [0.5, 0.6) is 5.75 Å². The molecule has 0 saturated carbocycles. The maximum absolute atomic E-state index is 13.8. The molecule has 2 unspecified atom stereocenters. The van der Waals surface area contributed by atoms with Crippen molar-refractivity contribution in [3.63, 3.8) is 0 Å². The van der Waals surface area contributed by atoms with E-state index in [2.05, 4.69) is 4.74 Å². The summed E-state index contributed by atoms with van der Waals surface area (Å²) in [7, 11) is 1.23. The molecule has 0 aromatic heterocycles. The van der Waals surface area contributed by atoms with Gasteiger partial charge in [0.2, 0.25) is 6.36 Å². The number of carbonyl (C=O) groups is 1. The van der Waals surface area contributed by atoms with Crippen molar-refractivity contribution in [2.75, 3.05) is 13.7 Å². The summed E-state index contributed by atoms with van der Waals surface area (Å²) in [4.78, 5) is 11.9. The Morgan fingerprint density at radius 1 is 1.39 bits per heavy atom. The van der Waals surface area contributed by atoms with Gasteiger partial charge in [0.05, 0.1) is 13.5 Å². The van der Waals surface area contributed by atoms with Crippen molar-refractivity contribution < 1.29 is 27.4 Å². The highest BCUT2D eigenvalue weighted by atomic mass is 19.1. The van der Waals surface area contributed by atoms with Crippen LogP contribution in [0.25, 0.3) is 0 Å². The maximum atomic E-state index is 13.8. The Labute approximate surface area is 133 Å². The molecule has 1 aromatic carbocycles. The molecular formula is C16H22F3NO3. The highest BCUT2D eigenvalue weighted by Gasteiger charge is 2.34. The summed E-state index contributed by atoms with van der Waals surface area (Å²) in [5.74, 6) is -2.74. The molecule has 0 heterocycles. The second kappa shape index (κ2) is 8.19. The first-order valence-electron chi connectivity index (χ1n) is 7.34. The Balaban J connectivity index is 3.08. The van der Waals surface area contributed by atoms with Crippen LogP contribution in [0.15, 0.2) is 12.1 Å². The van der Waals surface area contributed by atoms with Crippen LogP contribution in [0, 0.1) is 11.6 Å². The van der Waals surface area contributed by atoms with Gasteiger partial charge in [0.1, 0.15) is 5.82 Å². The summed E-state index contributed by atoms with van der Waals surface area (Å²) in [5.41, 5.74) is 4.64. The Hall–Kier alpha value is -1.76. The van der Waals surface area contributed by atoms with Crippen molar-refractivity contribution in [2.24, 2.45) is 5.73 Å². The van der Waals surface area contributed by atoms with Crippen LogP contribution >= 0.6 is 0 Å². The van der Waals surface area contributed by atoms with Gasteiger partial charge in [0, 0.05) is 30.0 Å². The van der Waals surface area contributed by atoms with Crippen molar-refractivity contribution in [2.45, 2.75) is 44.9 Å². The zero-order valence-electron chi connectivity index (χ0n) is 13.5. The van der Waals surface area contributed by atoms with Crippen molar-refractivity contribution in [3.8, 4) is 5.75 Å². The van der Waals surface area contributed by atoms with Crippen molar-refractivity contribution in [1.29, 1.82) is 0 Å². The van der Waals surface area contributed by atoms with Gasteiger partial charge in [-0.3, -0.25) is 4.79 Å². The second-order valence-electron chi connectivity index (χ2n) is 5.60. The molecular weight excluding hydrogens is 311 g/mol. The van der Waals surface area contributed by atoms with E-state index < -0.39 is 29.4 Å². The summed E-state index contributed by atoms with van der Waals surface area (Å²) >= 11 is 0. The molecule has 0 amide bonds. The number of hydrogen-bond acceptors (Lipinski definition) is 4. The molecule has 4 nitrogen and oxygen atoms in total. The number of nitrogens with two attached hydrogens (primary N) is 1. The third-order valence-electron chi connectivity index (χ3n) is 3.62. The predicted molar refractivity (Wildman–Crippen MR) is 79.8 cm³/mol. The molecule has 0 spiro atoms.